The summed E-state index contributed by atoms with van der Waals surface area (Å²) in [5, 5.41) is 14.0. The van der Waals surface area contributed by atoms with Gasteiger partial charge in [0.1, 0.15) is 0 Å². The maximum Gasteiger partial charge on any atom is 0.230 e. The maximum absolute atomic E-state index is 11.5. The zero-order valence-corrected chi connectivity index (χ0v) is 9.23. The van der Waals surface area contributed by atoms with Crippen LogP contribution in [0.1, 0.15) is 26.7 Å². The van der Waals surface area contributed by atoms with E-state index < -0.39 is 5.92 Å². The molecule has 0 aromatic carbocycles. The van der Waals surface area contributed by atoms with Crippen LogP contribution in [0.2, 0.25) is 0 Å². The van der Waals surface area contributed by atoms with Crippen molar-refractivity contribution in [2.75, 3.05) is 6.54 Å². The molecule has 86 valence electrons. The summed E-state index contributed by atoms with van der Waals surface area (Å²) >= 11 is 0. The molecule has 0 aromatic rings. The third-order valence-corrected chi connectivity index (χ3v) is 2.98. The van der Waals surface area contributed by atoms with E-state index in [0.29, 0.717) is 12.5 Å². The van der Waals surface area contributed by atoms with Gasteiger partial charge in [-0.05, 0) is 31.6 Å². The number of nitrogens with one attached hydrogen (secondary N) is 1. The highest BCUT2D eigenvalue weighted by molar-refractivity contribution is 6.01. The molecule has 5 nitrogen and oxygen atoms in total. The zero-order valence-electron chi connectivity index (χ0n) is 9.23. The van der Waals surface area contributed by atoms with E-state index in [4.69, 9.17) is 10.9 Å². The normalized spacial score (nSPS) is 20.8. The third kappa shape index (κ3) is 3.42. The standard InChI is InChI=1S/C10H19N3O2/c1-6(8-3-4-8)5-12-10(14)7(2)9(11)13-15/h6-8,15H,3-5H2,1-2H3,(H2,11,13)(H,12,14). The van der Waals surface area contributed by atoms with Crippen molar-refractivity contribution in [3.05, 3.63) is 0 Å². The fourth-order valence-electron chi connectivity index (χ4n) is 1.47. The molecule has 1 aliphatic rings. The molecule has 4 N–H and O–H groups in total. The Balaban J connectivity index is 2.28. The lowest BCUT2D eigenvalue weighted by Gasteiger charge is -2.14. The SMILES string of the molecule is CC(C(=O)NCC(C)C1CC1)C(N)=NO. The summed E-state index contributed by atoms with van der Waals surface area (Å²) in [6.45, 7) is 4.42. The minimum absolute atomic E-state index is 0.0495. The smallest absolute Gasteiger partial charge is 0.230 e. The van der Waals surface area contributed by atoms with Crippen LogP contribution in [0.3, 0.4) is 0 Å². The number of carbonyl (C=O) groups excluding carboxylic acids is 1. The molecule has 5 heteroatoms. The van der Waals surface area contributed by atoms with E-state index in [-0.39, 0.29) is 11.7 Å². The molecular formula is C10H19N3O2. The number of rotatable bonds is 5. The van der Waals surface area contributed by atoms with Crippen molar-refractivity contribution in [2.24, 2.45) is 28.6 Å². The summed E-state index contributed by atoms with van der Waals surface area (Å²) in [7, 11) is 0. The van der Waals surface area contributed by atoms with Crippen molar-refractivity contribution in [1.29, 1.82) is 0 Å². The van der Waals surface area contributed by atoms with Crippen LogP contribution in [-0.2, 0) is 4.79 Å². The summed E-state index contributed by atoms with van der Waals surface area (Å²) in [5.41, 5.74) is 5.34. The third-order valence-electron chi connectivity index (χ3n) is 2.98. The number of oxime groups is 1. The minimum Gasteiger partial charge on any atom is -0.409 e. The van der Waals surface area contributed by atoms with Crippen molar-refractivity contribution >= 4 is 11.7 Å². The van der Waals surface area contributed by atoms with Crippen LogP contribution in [0.4, 0.5) is 0 Å². The van der Waals surface area contributed by atoms with Gasteiger partial charge < -0.3 is 16.3 Å². The molecule has 2 atom stereocenters. The molecular weight excluding hydrogens is 194 g/mol. The minimum atomic E-state index is -0.568. The van der Waals surface area contributed by atoms with Gasteiger partial charge in [-0.25, -0.2) is 0 Å². The predicted molar refractivity (Wildman–Crippen MR) is 57.5 cm³/mol. The van der Waals surface area contributed by atoms with Gasteiger partial charge in [0.15, 0.2) is 5.84 Å². The average molecular weight is 213 g/mol. The fraction of sp³-hybridized carbons (Fsp3) is 0.800. The Morgan fingerprint density at radius 2 is 2.20 bits per heavy atom. The molecule has 0 aliphatic heterocycles. The second-order valence-electron chi connectivity index (χ2n) is 4.31. The van der Waals surface area contributed by atoms with Gasteiger partial charge in [0.2, 0.25) is 5.91 Å². The van der Waals surface area contributed by atoms with Crippen molar-refractivity contribution in [2.45, 2.75) is 26.7 Å². The summed E-state index contributed by atoms with van der Waals surface area (Å²) in [6.07, 6.45) is 2.54. The molecule has 1 aliphatic carbocycles. The molecule has 15 heavy (non-hydrogen) atoms. The quantitative estimate of drug-likeness (QED) is 0.269. The summed E-state index contributed by atoms with van der Waals surface area (Å²) in [4.78, 5) is 11.5. The molecule has 0 bridgehead atoms. The number of amidine groups is 1. The number of hydrogen-bond donors (Lipinski definition) is 3. The largest absolute Gasteiger partial charge is 0.409 e. The topological polar surface area (TPSA) is 87.7 Å². The van der Waals surface area contributed by atoms with E-state index in [2.05, 4.69) is 17.4 Å². The van der Waals surface area contributed by atoms with Crippen molar-refractivity contribution in [3.8, 4) is 0 Å². The maximum atomic E-state index is 11.5. The van der Waals surface area contributed by atoms with E-state index in [9.17, 15) is 4.79 Å². The van der Waals surface area contributed by atoms with Crippen LogP contribution in [-0.4, -0.2) is 23.5 Å². The van der Waals surface area contributed by atoms with Gasteiger partial charge in [0.05, 0.1) is 5.92 Å². The molecule has 2 unspecified atom stereocenters. The van der Waals surface area contributed by atoms with E-state index in [1.165, 1.54) is 12.8 Å². The van der Waals surface area contributed by atoms with Crippen molar-refractivity contribution in [3.63, 3.8) is 0 Å². The molecule has 1 amide bonds. The Morgan fingerprint density at radius 3 is 2.67 bits per heavy atom. The highest BCUT2D eigenvalue weighted by Crippen LogP contribution is 2.36. The van der Waals surface area contributed by atoms with Gasteiger partial charge >= 0.3 is 0 Å². The number of nitrogens with two attached hydrogens (primary N) is 1. The van der Waals surface area contributed by atoms with Crippen LogP contribution in [0.15, 0.2) is 5.16 Å². The van der Waals surface area contributed by atoms with E-state index >= 15 is 0 Å². The van der Waals surface area contributed by atoms with E-state index in [1.54, 1.807) is 6.92 Å². The molecule has 1 fully saturated rings. The second kappa shape index (κ2) is 5.00. The monoisotopic (exact) mass is 213 g/mol. The molecule has 0 spiro atoms. The molecule has 0 aromatic heterocycles. The van der Waals surface area contributed by atoms with Crippen LogP contribution in [0.25, 0.3) is 0 Å². The molecule has 1 rings (SSSR count). The lowest BCUT2D eigenvalue weighted by molar-refractivity contribution is -0.122. The first-order valence-electron chi connectivity index (χ1n) is 5.31. The van der Waals surface area contributed by atoms with Gasteiger partial charge in [-0.1, -0.05) is 12.1 Å². The van der Waals surface area contributed by atoms with Gasteiger partial charge in [0, 0.05) is 6.54 Å². The highest BCUT2D eigenvalue weighted by Gasteiger charge is 2.28. The first-order chi connectivity index (χ1) is 7.06. The number of amides is 1. The van der Waals surface area contributed by atoms with E-state index in [1.807, 2.05) is 0 Å². The average Bonchev–Trinajstić information content (AvgIpc) is 3.06. The molecule has 1 saturated carbocycles. The first-order valence-corrected chi connectivity index (χ1v) is 5.31. The highest BCUT2D eigenvalue weighted by atomic mass is 16.4. The Kier molecular flexibility index (Phi) is 3.94. The number of carbonyl (C=O) groups is 1. The van der Waals surface area contributed by atoms with Crippen molar-refractivity contribution < 1.29 is 10.0 Å². The molecule has 0 radical (unpaired) electrons. The summed E-state index contributed by atoms with van der Waals surface area (Å²) in [6, 6.07) is 0. The Hall–Kier alpha value is -1.26. The summed E-state index contributed by atoms with van der Waals surface area (Å²) < 4.78 is 0. The van der Waals surface area contributed by atoms with Gasteiger partial charge in [-0.3, -0.25) is 4.79 Å². The van der Waals surface area contributed by atoms with Crippen molar-refractivity contribution in [1.82, 2.24) is 5.32 Å². The predicted octanol–water partition coefficient (Wildman–Crippen LogP) is 0.531. The first kappa shape index (κ1) is 11.8. The van der Waals surface area contributed by atoms with Gasteiger partial charge in [0.25, 0.3) is 0 Å². The Bertz CT molecular complexity index is 261. The lowest BCUT2D eigenvalue weighted by Crippen LogP contribution is -2.39. The second-order valence-corrected chi connectivity index (χ2v) is 4.31. The Morgan fingerprint density at radius 1 is 1.60 bits per heavy atom. The van der Waals surface area contributed by atoms with Crippen LogP contribution < -0.4 is 11.1 Å². The molecule has 0 heterocycles. The Labute approximate surface area is 89.7 Å². The summed E-state index contributed by atoms with van der Waals surface area (Å²) in [5.74, 6) is 0.490. The van der Waals surface area contributed by atoms with Crippen LogP contribution in [0, 0.1) is 17.8 Å². The van der Waals surface area contributed by atoms with Crippen LogP contribution in [0.5, 0.6) is 0 Å². The van der Waals surface area contributed by atoms with E-state index in [0.717, 1.165) is 5.92 Å². The molecule has 0 saturated heterocycles. The van der Waals surface area contributed by atoms with Gasteiger partial charge in [-0.15, -0.1) is 0 Å². The van der Waals surface area contributed by atoms with Crippen LogP contribution >= 0.6 is 0 Å². The fourth-order valence-corrected chi connectivity index (χ4v) is 1.47. The number of nitrogens with zero attached hydrogens (tertiary/aromatic N) is 1. The zero-order chi connectivity index (χ0) is 11.4. The van der Waals surface area contributed by atoms with Gasteiger partial charge in [-0.2, -0.15) is 0 Å². The number of hydrogen-bond acceptors (Lipinski definition) is 3. The lowest BCUT2D eigenvalue weighted by atomic mass is 10.1.